The molecule has 0 bridgehead atoms. The van der Waals surface area contributed by atoms with Crippen molar-refractivity contribution in [1.29, 1.82) is 0 Å². The van der Waals surface area contributed by atoms with Crippen molar-refractivity contribution in [2.45, 2.75) is 47.1 Å². The minimum atomic E-state index is -0.925. The third kappa shape index (κ3) is 4.45. The van der Waals surface area contributed by atoms with E-state index in [1.165, 1.54) is 4.90 Å². The second kappa shape index (κ2) is 7.43. The summed E-state index contributed by atoms with van der Waals surface area (Å²) in [4.78, 5) is 25.7. The monoisotopic (exact) mass is 288 g/mol. The van der Waals surface area contributed by atoms with Crippen LogP contribution in [0.2, 0.25) is 0 Å². The van der Waals surface area contributed by atoms with Crippen LogP contribution in [0.15, 0.2) is 0 Å². The fourth-order valence-electron chi connectivity index (χ4n) is 1.58. The van der Waals surface area contributed by atoms with Crippen molar-refractivity contribution >= 4 is 29.1 Å². The summed E-state index contributed by atoms with van der Waals surface area (Å²) in [7, 11) is 0. The maximum Gasteiger partial charge on any atom is 0.325 e. The zero-order valence-electron chi connectivity index (χ0n) is 12.4. The number of thiocarbonyl (C=S) groups is 1. The van der Waals surface area contributed by atoms with E-state index in [1.54, 1.807) is 13.8 Å². The predicted molar refractivity (Wildman–Crippen MR) is 78.7 cm³/mol. The first kappa shape index (κ1) is 17.8. The summed E-state index contributed by atoms with van der Waals surface area (Å²) in [5.74, 6) is -0.656. The SMILES string of the molecule is CCOC(=O)CN(C(=O)C(C)(CC)C(N)=S)C(C)C. The predicted octanol–water partition coefficient (Wildman–Crippen LogP) is 1.49. The third-order valence-corrected chi connectivity index (χ3v) is 3.66. The van der Waals surface area contributed by atoms with Crippen molar-refractivity contribution in [2.24, 2.45) is 11.1 Å². The van der Waals surface area contributed by atoms with E-state index >= 15 is 0 Å². The highest BCUT2D eigenvalue weighted by Gasteiger charge is 2.39. The molecule has 0 fully saturated rings. The molecule has 0 rings (SSSR count). The molecule has 110 valence electrons. The largest absolute Gasteiger partial charge is 0.465 e. The third-order valence-electron chi connectivity index (χ3n) is 3.21. The minimum Gasteiger partial charge on any atom is -0.465 e. The normalized spacial score (nSPS) is 13.8. The highest BCUT2D eigenvalue weighted by atomic mass is 32.1. The fraction of sp³-hybridized carbons (Fsp3) is 0.769. The number of nitrogens with two attached hydrogens (primary N) is 1. The molecule has 0 saturated carbocycles. The molecule has 0 aliphatic heterocycles. The first-order valence-corrected chi connectivity index (χ1v) is 6.88. The maximum absolute atomic E-state index is 12.6. The van der Waals surface area contributed by atoms with Crippen LogP contribution in [0.3, 0.4) is 0 Å². The van der Waals surface area contributed by atoms with Crippen LogP contribution >= 0.6 is 12.2 Å². The van der Waals surface area contributed by atoms with Crippen molar-refractivity contribution in [1.82, 2.24) is 4.90 Å². The van der Waals surface area contributed by atoms with Crippen molar-refractivity contribution < 1.29 is 14.3 Å². The Bertz CT molecular complexity index is 358. The Morgan fingerprint density at radius 3 is 2.21 bits per heavy atom. The summed E-state index contributed by atoms with van der Waals surface area (Å²) in [6.07, 6.45) is 0.493. The van der Waals surface area contributed by atoms with Gasteiger partial charge in [-0.3, -0.25) is 9.59 Å². The molecule has 1 amide bonds. The summed E-state index contributed by atoms with van der Waals surface area (Å²) in [6.45, 7) is 9.17. The van der Waals surface area contributed by atoms with Gasteiger partial charge in [0.2, 0.25) is 5.91 Å². The van der Waals surface area contributed by atoms with Gasteiger partial charge in [0.15, 0.2) is 0 Å². The number of esters is 1. The van der Waals surface area contributed by atoms with E-state index in [4.69, 9.17) is 22.7 Å². The van der Waals surface area contributed by atoms with Gasteiger partial charge in [-0.15, -0.1) is 0 Å². The van der Waals surface area contributed by atoms with Crippen molar-refractivity contribution in [3.63, 3.8) is 0 Å². The van der Waals surface area contributed by atoms with Crippen LogP contribution in [0.4, 0.5) is 0 Å². The molecule has 5 nitrogen and oxygen atoms in total. The van der Waals surface area contributed by atoms with Crippen molar-refractivity contribution in [2.75, 3.05) is 13.2 Å². The van der Waals surface area contributed by atoms with E-state index < -0.39 is 11.4 Å². The molecule has 0 saturated heterocycles. The first-order valence-electron chi connectivity index (χ1n) is 6.47. The van der Waals surface area contributed by atoms with Crippen LogP contribution in [0, 0.1) is 5.41 Å². The van der Waals surface area contributed by atoms with Crippen LogP contribution in [-0.2, 0) is 14.3 Å². The smallest absolute Gasteiger partial charge is 0.325 e. The molecular formula is C13H24N2O3S. The van der Waals surface area contributed by atoms with Crippen LogP contribution in [0.1, 0.15) is 41.0 Å². The molecule has 0 aromatic heterocycles. The van der Waals surface area contributed by atoms with Gasteiger partial charge in [0.1, 0.15) is 6.54 Å². The van der Waals surface area contributed by atoms with E-state index in [1.807, 2.05) is 20.8 Å². The molecule has 19 heavy (non-hydrogen) atoms. The number of rotatable bonds is 7. The summed E-state index contributed by atoms with van der Waals surface area (Å²) >= 11 is 4.99. The molecule has 0 heterocycles. The van der Waals surface area contributed by atoms with E-state index in [0.29, 0.717) is 13.0 Å². The van der Waals surface area contributed by atoms with Gasteiger partial charge in [-0.2, -0.15) is 0 Å². The zero-order valence-corrected chi connectivity index (χ0v) is 13.2. The molecule has 0 aromatic rings. The molecule has 0 spiro atoms. The average molecular weight is 288 g/mol. The molecule has 0 aromatic carbocycles. The van der Waals surface area contributed by atoms with Crippen LogP contribution in [0.25, 0.3) is 0 Å². The van der Waals surface area contributed by atoms with Crippen molar-refractivity contribution in [3.05, 3.63) is 0 Å². The maximum atomic E-state index is 12.6. The van der Waals surface area contributed by atoms with E-state index in [9.17, 15) is 9.59 Å². The molecule has 1 unspecified atom stereocenters. The summed E-state index contributed by atoms with van der Waals surface area (Å²) < 4.78 is 4.88. The molecule has 0 radical (unpaired) electrons. The molecule has 2 N–H and O–H groups in total. The standard InChI is InChI=1S/C13H24N2O3S/c1-6-13(5,11(14)19)12(17)15(9(3)4)8-10(16)18-7-2/h9H,6-8H2,1-5H3,(H2,14,19). The Labute approximate surface area is 120 Å². The molecule has 0 aliphatic carbocycles. The zero-order chi connectivity index (χ0) is 15.2. The van der Waals surface area contributed by atoms with Gasteiger partial charge < -0.3 is 15.4 Å². The van der Waals surface area contributed by atoms with Gasteiger partial charge in [0.05, 0.1) is 17.0 Å². The van der Waals surface area contributed by atoms with Crippen LogP contribution in [0.5, 0.6) is 0 Å². The average Bonchev–Trinajstić information content (AvgIpc) is 2.33. The lowest BCUT2D eigenvalue weighted by Gasteiger charge is -2.35. The topological polar surface area (TPSA) is 72.6 Å². The van der Waals surface area contributed by atoms with Gasteiger partial charge in [-0.05, 0) is 34.1 Å². The number of carbonyl (C=O) groups is 2. The number of ether oxygens (including phenoxy) is 1. The number of hydrogen-bond donors (Lipinski definition) is 1. The van der Waals surface area contributed by atoms with E-state index in [2.05, 4.69) is 0 Å². The Morgan fingerprint density at radius 2 is 1.89 bits per heavy atom. The van der Waals surface area contributed by atoms with Crippen molar-refractivity contribution in [3.8, 4) is 0 Å². The number of carbonyl (C=O) groups excluding carboxylic acids is 2. The van der Waals surface area contributed by atoms with Gasteiger partial charge in [0.25, 0.3) is 0 Å². The van der Waals surface area contributed by atoms with Gasteiger partial charge in [-0.1, -0.05) is 19.1 Å². The Balaban J connectivity index is 5.14. The highest BCUT2D eigenvalue weighted by molar-refractivity contribution is 7.80. The van der Waals surface area contributed by atoms with Gasteiger partial charge in [0, 0.05) is 6.04 Å². The molecular weight excluding hydrogens is 264 g/mol. The highest BCUT2D eigenvalue weighted by Crippen LogP contribution is 2.25. The van der Waals surface area contributed by atoms with E-state index in [0.717, 1.165) is 0 Å². The second-order valence-electron chi connectivity index (χ2n) is 4.88. The molecule has 0 aliphatic rings. The molecule has 1 atom stereocenters. The lowest BCUT2D eigenvalue weighted by molar-refractivity contribution is -0.152. The van der Waals surface area contributed by atoms with Gasteiger partial charge in [-0.25, -0.2) is 0 Å². The first-order chi connectivity index (χ1) is 8.70. The number of amides is 1. The Morgan fingerprint density at radius 1 is 1.37 bits per heavy atom. The van der Waals surface area contributed by atoms with Crippen LogP contribution in [-0.4, -0.2) is 41.0 Å². The summed E-state index contributed by atoms with van der Waals surface area (Å²) in [5.41, 5.74) is 4.75. The number of hydrogen-bond acceptors (Lipinski definition) is 4. The lowest BCUT2D eigenvalue weighted by Crippen LogP contribution is -2.52. The quantitative estimate of drug-likeness (QED) is 0.567. The minimum absolute atomic E-state index is 0.0808. The van der Waals surface area contributed by atoms with E-state index in [-0.39, 0.29) is 23.5 Å². The fourth-order valence-corrected chi connectivity index (χ4v) is 1.81. The van der Waals surface area contributed by atoms with Gasteiger partial charge >= 0.3 is 5.97 Å². The number of nitrogens with zero attached hydrogens (tertiary/aromatic N) is 1. The second-order valence-corrected chi connectivity index (χ2v) is 5.32. The summed E-state index contributed by atoms with van der Waals surface area (Å²) in [6, 6.07) is -0.128. The Hall–Kier alpha value is -1.17. The Kier molecular flexibility index (Phi) is 6.97. The van der Waals surface area contributed by atoms with Crippen LogP contribution < -0.4 is 5.73 Å². The summed E-state index contributed by atoms with van der Waals surface area (Å²) in [5, 5.41) is 0. The molecule has 6 heteroatoms. The lowest BCUT2D eigenvalue weighted by atomic mass is 9.85.